The molecule has 3 aromatic heterocycles. The molecule has 0 bridgehead atoms. The molecule has 1 atom stereocenters. The molecular weight excluding hydrogens is 312 g/mol. The summed E-state index contributed by atoms with van der Waals surface area (Å²) in [5.41, 5.74) is 1.12. The number of aromatic nitrogens is 3. The van der Waals surface area contributed by atoms with E-state index in [2.05, 4.69) is 37.8 Å². The Hall–Kier alpha value is -1.63. The van der Waals surface area contributed by atoms with Gasteiger partial charge in [-0.25, -0.2) is 15.0 Å². The Morgan fingerprint density at radius 1 is 1.18 bits per heavy atom. The monoisotopic (exact) mass is 328 g/mol. The van der Waals surface area contributed by atoms with Crippen molar-refractivity contribution in [3.8, 4) is 10.8 Å². The highest BCUT2D eigenvalue weighted by atomic mass is 32.1. The predicted octanol–water partition coefficient (Wildman–Crippen LogP) is 4.00. The summed E-state index contributed by atoms with van der Waals surface area (Å²) in [6.07, 6.45) is 6.04. The van der Waals surface area contributed by atoms with Gasteiger partial charge in [0.2, 0.25) is 0 Å². The van der Waals surface area contributed by atoms with Gasteiger partial charge < -0.3 is 0 Å². The van der Waals surface area contributed by atoms with Crippen LogP contribution in [0.5, 0.6) is 0 Å². The lowest BCUT2D eigenvalue weighted by Gasteiger charge is -2.22. The van der Waals surface area contributed by atoms with Crippen LogP contribution >= 0.6 is 22.7 Å². The largest absolute Gasteiger partial charge is 0.290 e. The molecule has 22 heavy (non-hydrogen) atoms. The average molecular weight is 328 g/mol. The van der Waals surface area contributed by atoms with Gasteiger partial charge in [-0.2, -0.15) is 0 Å². The van der Waals surface area contributed by atoms with Gasteiger partial charge in [0.25, 0.3) is 0 Å². The van der Waals surface area contributed by atoms with E-state index in [0.29, 0.717) is 6.04 Å². The number of hydrogen-bond donors (Lipinski definition) is 0. The predicted molar refractivity (Wildman–Crippen MR) is 89.8 cm³/mol. The van der Waals surface area contributed by atoms with Crippen LogP contribution in [0.15, 0.2) is 41.4 Å². The van der Waals surface area contributed by atoms with Crippen molar-refractivity contribution in [2.45, 2.75) is 25.4 Å². The Kier molecular flexibility index (Phi) is 3.97. The van der Waals surface area contributed by atoms with Crippen LogP contribution in [0.2, 0.25) is 0 Å². The second-order valence-electron chi connectivity index (χ2n) is 5.36. The van der Waals surface area contributed by atoms with E-state index in [1.165, 1.54) is 17.7 Å². The summed E-state index contributed by atoms with van der Waals surface area (Å²) < 4.78 is 0. The number of nitrogens with zero attached hydrogens (tertiary/aromatic N) is 4. The second kappa shape index (κ2) is 6.24. The Bertz CT molecular complexity index is 724. The van der Waals surface area contributed by atoms with Crippen molar-refractivity contribution in [3.05, 3.63) is 51.9 Å². The molecule has 0 saturated carbocycles. The van der Waals surface area contributed by atoms with Crippen molar-refractivity contribution in [2.24, 2.45) is 0 Å². The topological polar surface area (TPSA) is 41.9 Å². The fourth-order valence-electron chi connectivity index (χ4n) is 2.92. The first-order valence-electron chi connectivity index (χ1n) is 7.39. The highest BCUT2D eigenvalue weighted by Gasteiger charge is 2.27. The Labute approximate surface area is 137 Å². The normalized spacial score (nSPS) is 18.8. The van der Waals surface area contributed by atoms with Gasteiger partial charge in [-0.15, -0.1) is 22.7 Å². The van der Waals surface area contributed by atoms with Gasteiger partial charge in [0, 0.05) is 35.2 Å². The first kappa shape index (κ1) is 14.0. The lowest BCUT2D eigenvalue weighted by atomic mass is 10.2. The standard InChI is InChI=1S/C16H16N4S2/c1-4-13(14-5-2-9-21-14)20(8-1)10-12-11-22-16(19-12)15-17-6-3-7-18-15/h2-3,5-7,9,11,13H,1,4,8,10H2/t13-/m1/s1. The molecule has 6 heteroatoms. The Morgan fingerprint density at radius 2 is 2.09 bits per heavy atom. The third-order valence-electron chi connectivity index (χ3n) is 3.91. The van der Waals surface area contributed by atoms with Gasteiger partial charge in [0.15, 0.2) is 10.8 Å². The van der Waals surface area contributed by atoms with E-state index < -0.39 is 0 Å². The van der Waals surface area contributed by atoms with Gasteiger partial charge >= 0.3 is 0 Å². The third-order valence-corrected chi connectivity index (χ3v) is 5.77. The molecule has 0 radical (unpaired) electrons. The number of likely N-dealkylation sites (tertiary alicyclic amines) is 1. The number of hydrogen-bond acceptors (Lipinski definition) is 6. The smallest absolute Gasteiger partial charge is 0.188 e. The molecule has 3 aromatic rings. The first-order chi connectivity index (χ1) is 10.9. The van der Waals surface area contributed by atoms with E-state index in [-0.39, 0.29) is 0 Å². The second-order valence-corrected chi connectivity index (χ2v) is 7.20. The molecule has 4 heterocycles. The van der Waals surface area contributed by atoms with Crippen molar-refractivity contribution in [2.75, 3.05) is 6.54 Å². The zero-order valence-electron chi connectivity index (χ0n) is 12.1. The molecular formula is C16H16N4S2. The first-order valence-corrected chi connectivity index (χ1v) is 9.15. The van der Waals surface area contributed by atoms with Crippen molar-refractivity contribution in [1.29, 1.82) is 0 Å². The molecule has 0 unspecified atom stereocenters. The minimum atomic E-state index is 0.554. The van der Waals surface area contributed by atoms with Crippen LogP contribution in [0.4, 0.5) is 0 Å². The van der Waals surface area contributed by atoms with Gasteiger partial charge in [0.05, 0.1) is 5.69 Å². The Morgan fingerprint density at radius 3 is 2.91 bits per heavy atom. The van der Waals surface area contributed by atoms with Crippen LogP contribution in [0.25, 0.3) is 10.8 Å². The fraction of sp³-hybridized carbons (Fsp3) is 0.312. The van der Waals surface area contributed by atoms with Gasteiger partial charge in [-0.3, -0.25) is 4.90 Å². The molecule has 0 amide bonds. The maximum Gasteiger partial charge on any atom is 0.188 e. The summed E-state index contributed by atoms with van der Waals surface area (Å²) in [6.45, 7) is 2.06. The maximum absolute atomic E-state index is 4.72. The third kappa shape index (κ3) is 2.82. The van der Waals surface area contributed by atoms with E-state index >= 15 is 0 Å². The summed E-state index contributed by atoms with van der Waals surface area (Å²) >= 11 is 3.48. The van der Waals surface area contributed by atoms with E-state index in [4.69, 9.17) is 4.98 Å². The van der Waals surface area contributed by atoms with Crippen molar-refractivity contribution < 1.29 is 0 Å². The maximum atomic E-state index is 4.72. The highest BCUT2D eigenvalue weighted by Crippen LogP contribution is 2.35. The van der Waals surface area contributed by atoms with Crippen molar-refractivity contribution >= 4 is 22.7 Å². The summed E-state index contributed by atoms with van der Waals surface area (Å²) in [5.74, 6) is 0.718. The molecule has 0 spiro atoms. The molecule has 1 saturated heterocycles. The van der Waals surface area contributed by atoms with Gasteiger partial charge in [-0.05, 0) is 36.9 Å². The number of thiazole rings is 1. The quantitative estimate of drug-likeness (QED) is 0.726. The minimum Gasteiger partial charge on any atom is -0.290 e. The lowest BCUT2D eigenvalue weighted by molar-refractivity contribution is 0.249. The van der Waals surface area contributed by atoms with Gasteiger partial charge in [0.1, 0.15) is 0 Å². The fourth-order valence-corrected chi connectivity index (χ4v) is 4.57. The number of thiophene rings is 1. The van der Waals surface area contributed by atoms with Crippen molar-refractivity contribution in [3.63, 3.8) is 0 Å². The minimum absolute atomic E-state index is 0.554. The molecule has 1 aliphatic heterocycles. The molecule has 0 aliphatic carbocycles. The molecule has 112 valence electrons. The van der Waals surface area contributed by atoms with Crippen LogP contribution in [-0.2, 0) is 6.54 Å². The molecule has 1 fully saturated rings. The van der Waals surface area contributed by atoms with Crippen LogP contribution in [0, 0.1) is 0 Å². The molecule has 4 nitrogen and oxygen atoms in total. The summed E-state index contributed by atoms with van der Waals surface area (Å²) in [5, 5.41) is 5.21. The van der Waals surface area contributed by atoms with Crippen LogP contribution in [0.1, 0.15) is 29.5 Å². The Balaban J connectivity index is 1.51. The number of rotatable bonds is 4. The summed E-state index contributed by atoms with van der Waals surface area (Å²) in [4.78, 5) is 17.3. The van der Waals surface area contributed by atoms with Crippen LogP contribution < -0.4 is 0 Å². The highest BCUT2D eigenvalue weighted by molar-refractivity contribution is 7.13. The van der Waals surface area contributed by atoms with Crippen LogP contribution in [-0.4, -0.2) is 26.4 Å². The van der Waals surface area contributed by atoms with E-state index in [1.54, 1.807) is 23.7 Å². The molecule has 0 aromatic carbocycles. The molecule has 1 aliphatic rings. The molecule has 0 N–H and O–H groups in total. The zero-order chi connectivity index (χ0) is 14.8. The summed E-state index contributed by atoms with van der Waals surface area (Å²) in [7, 11) is 0. The van der Waals surface area contributed by atoms with E-state index in [9.17, 15) is 0 Å². The zero-order valence-corrected chi connectivity index (χ0v) is 13.7. The lowest BCUT2D eigenvalue weighted by Crippen LogP contribution is -2.22. The van der Waals surface area contributed by atoms with Crippen molar-refractivity contribution in [1.82, 2.24) is 19.9 Å². The summed E-state index contributed by atoms with van der Waals surface area (Å²) in [6, 6.07) is 6.77. The van der Waals surface area contributed by atoms with E-state index in [1.807, 2.05) is 17.4 Å². The van der Waals surface area contributed by atoms with E-state index in [0.717, 1.165) is 29.6 Å². The average Bonchev–Trinajstić information content (AvgIpc) is 3.30. The van der Waals surface area contributed by atoms with Gasteiger partial charge in [-0.1, -0.05) is 6.07 Å². The van der Waals surface area contributed by atoms with Crippen LogP contribution in [0.3, 0.4) is 0 Å². The molecule has 4 rings (SSSR count). The SMILES string of the molecule is c1cnc(-c2nc(CN3CCC[C@@H]3c3cccs3)cs2)nc1.